The molecule has 0 saturated heterocycles. The molecule has 0 amide bonds. The van der Waals surface area contributed by atoms with Gasteiger partial charge in [-0.3, -0.25) is 4.99 Å². The molecule has 2 nitrogen and oxygen atoms in total. The number of rotatable bonds is 3. The first kappa shape index (κ1) is 9.00. The summed E-state index contributed by atoms with van der Waals surface area (Å²) in [5, 5.41) is 2.15. The Morgan fingerprint density at radius 1 is 1.50 bits per heavy atom. The molecule has 1 radical (unpaired) electrons. The summed E-state index contributed by atoms with van der Waals surface area (Å²) >= 11 is 0. The predicted molar refractivity (Wildman–Crippen MR) is 56.3 cm³/mol. The Labute approximate surface area is 83.2 Å². The first-order chi connectivity index (χ1) is 6.79. The van der Waals surface area contributed by atoms with Crippen molar-refractivity contribution in [3.05, 3.63) is 47.5 Å². The van der Waals surface area contributed by atoms with Crippen molar-refractivity contribution in [3.8, 4) is 5.75 Å². The van der Waals surface area contributed by atoms with E-state index in [4.69, 9.17) is 4.74 Å². The van der Waals surface area contributed by atoms with Gasteiger partial charge in [-0.25, -0.2) is 0 Å². The number of hydrogen-bond donors (Lipinski definition) is 0. The highest BCUT2D eigenvalue weighted by atomic mass is 16.5. The van der Waals surface area contributed by atoms with E-state index < -0.39 is 0 Å². The zero-order valence-electron chi connectivity index (χ0n) is 8.16. The van der Waals surface area contributed by atoms with E-state index in [1.54, 1.807) is 6.08 Å². The second-order valence-electron chi connectivity index (χ2n) is 3.22. The topological polar surface area (TPSA) is 21.6 Å². The van der Waals surface area contributed by atoms with Gasteiger partial charge >= 0.3 is 0 Å². The smallest absolute Gasteiger partial charge is 0.120 e. The van der Waals surface area contributed by atoms with Crippen LogP contribution in [0.25, 0.3) is 6.08 Å². The standard InChI is InChI=1S/C12H12NO/c1-3-6-14-11-4-5-12-10(8-11)7-9(2)13-12/h3-5,7-8H,1,6H2,2H3. The molecule has 2 heteroatoms. The van der Waals surface area contributed by atoms with Crippen molar-refractivity contribution in [3.63, 3.8) is 0 Å². The summed E-state index contributed by atoms with van der Waals surface area (Å²) < 4.78 is 5.43. The van der Waals surface area contributed by atoms with Crippen LogP contribution in [0, 0.1) is 6.04 Å². The van der Waals surface area contributed by atoms with Crippen molar-refractivity contribution >= 4 is 6.08 Å². The molecule has 0 unspecified atom stereocenters. The predicted octanol–water partition coefficient (Wildman–Crippen LogP) is 1.22. The van der Waals surface area contributed by atoms with Gasteiger partial charge in [-0.05, 0) is 31.2 Å². The molecule has 0 N–H and O–H groups in total. The Morgan fingerprint density at radius 3 is 3.14 bits per heavy atom. The Hall–Kier alpha value is -1.57. The number of ether oxygens (including phenoxy) is 1. The molecule has 1 aromatic carbocycles. The maximum atomic E-state index is 5.43. The molecule has 1 aliphatic heterocycles. The van der Waals surface area contributed by atoms with Crippen LogP contribution in [-0.4, -0.2) is 6.61 Å². The summed E-state index contributed by atoms with van der Waals surface area (Å²) in [5.74, 6) is 0.866. The average Bonchev–Trinajstić information content (AvgIpc) is 2.54. The van der Waals surface area contributed by atoms with E-state index in [2.05, 4.69) is 17.6 Å². The van der Waals surface area contributed by atoms with Gasteiger partial charge in [-0.15, -0.1) is 0 Å². The third-order valence-corrected chi connectivity index (χ3v) is 2.03. The van der Waals surface area contributed by atoms with Gasteiger partial charge in [-0.1, -0.05) is 12.7 Å². The van der Waals surface area contributed by atoms with Crippen LogP contribution in [0.2, 0.25) is 0 Å². The lowest BCUT2D eigenvalue weighted by Gasteiger charge is -2.00. The maximum absolute atomic E-state index is 5.43. The summed E-state index contributed by atoms with van der Waals surface area (Å²) in [7, 11) is 0. The third kappa shape index (κ3) is 1.69. The van der Waals surface area contributed by atoms with Gasteiger partial charge in [0.15, 0.2) is 0 Å². The van der Waals surface area contributed by atoms with Crippen LogP contribution in [0.3, 0.4) is 0 Å². The quantitative estimate of drug-likeness (QED) is 0.650. The van der Waals surface area contributed by atoms with E-state index in [0.29, 0.717) is 6.61 Å². The van der Waals surface area contributed by atoms with E-state index >= 15 is 0 Å². The Morgan fingerprint density at radius 2 is 2.36 bits per heavy atom. The lowest BCUT2D eigenvalue weighted by Crippen LogP contribution is -2.20. The molecule has 2 rings (SSSR count). The van der Waals surface area contributed by atoms with Crippen molar-refractivity contribution < 1.29 is 4.74 Å². The number of nitrogens with zero attached hydrogens (tertiary/aromatic N) is 1. The second-order valence-corrected chi connectivity index (χ2v) is 3.22. The molecule has 0 atom stereocenters. The van der Waals surface area contributed by atoms with E-state index in [1.807, 2.05) is 25.1 Å². The highest BCUT2D eigenvalue weighted by molar-refractivity contribution is 5.44. The van der Waals surface area contributed by atoms with Crippen molar-refractivity contribution in [1.82, 2.24) is 0 Å². The third-order valence-electron chi connectivity index (χ3n) is 2.03. The van der Waals surface area contributed by atoms with Gasteiger partial charge in [0.05, 0.1) is 5.36 Å². The molecular formula is C12H12NO. The van der Waals surface area contributed by atoms with Crippen LogP contribution in [0.15, 0.2) is 35.8 Å². The van der Waals surface area contributed by atoms with E-state index in [-0.39, 0.29) is 0 Å². The van der Waals surface area contributed by atoms with Gasteiger partial charge in [0, 0.05) is 5.22 Å². The molecule has 0 fully saturated rings. The fraction of sp³-hybridized carbons (Fsp3) is 0.167. The number of fused-ring (bicyclic) bond motifs is 1. The summed E-state index contributed by atoms with van der Waals surface area (Å²) in [6.45, 7) is 6.14. The van der Waals surface area contributed by atoms with Gasteiger partial charge in [0.25, 0.3) is 0 Å². The summed E-state index contributed by atoms with van der Waals surface area (Å²) in [6, 6.07) is 6.94. The monoisotopic (exact) mass is 186 g/mol. The lowest BCUT2D eigenvalue weighted by molar-refractivity contribution is 0.363. The normalized spacial score (nSPS) is 14.1. The molecule has 0 spiro atoms. The molecule has 1 aliphatic rings. The van der Waals surface area contributed by atoms with E-state index in [1.165, 1.54) is 0 Å². The minimum absolute atomic E-state index is 0.540. The average molecular weight is 186 g/mol. The van der Waals surface area contributed by atoms with Crippen LogP contribution in [0.5, 0.6) is 5.75 Å². The first-order valence-corrected chi connectivity index (χ1v) is 4.57. The number of benzene rings is 1. The molecule has 1 aromatic rings. The second kappa shape index (κ2) is 3.66. The van der Waals surface area contributed by atoms with Crippen LogP contribution in [0.1, 0.15) is 6.92 Å². The molecule has 0 saturated carbocycles. The summed E-state index contributed by atoms with van der Waals surface area (Å²) in [5.41, 5.74) is 0. The minimum Gasteiger partial charge on any atom is -0.490 e. The fourth-order valence-electron chi connectivity index (χ4n) is 1.44. The van der Waals surface area contributed by atoms with Gasteiger partial charge in [0.2, 0.25) is 0 Å². The highest BCUT2D eigenvalue weighted by Gasteiger charge is 2.03. The molecule has 0 aliphatic carbocycles. The Bertz CT molecular complexity index is 462. The molecule has 0 aromatic heterocycles. The molecule has 14 heavy (non-hydrogen) atoms. The lowest BCUT2D eigenvalue weighted by atomic mass is 10.2. The molecule has 0 bridgehead atoms. The molecular weight excluding hydrogens is 174 g/mol. The Balaban J connectivity index is 2.34. The van der Waals surface area contributed by atoms with Gasteiger partial charge in [0.1, 0.15) is 18.4 Å². The minimum atomic E-state index is 0.540. The zero-order chi connectivity index (χ0) is 9.97. The SMILES string of the molecule is C=CCOc1ccc2c(c1)=C[C](C)N=2. The highest BCUT2D eigenvalue weighted by Crippen LogP contribution is 2.08. The van der Waals surface area contributed by atoms with E-state index in [9.17, 15) is 0 Å². The van der Waals surface area contributed by atoms with Crippen LogP contribution in [0.4, 0.5) is 0 Å². The van der Waals surface area contributed by atoms with Crippen molar-refractivity contribution in [1.29, 1.82) is 0 Å². The van der Waals surface area contributed by atoms with Crippen molar-refractivity contribution in [2.24, 2.45) is 4.99 Å². The Kier molecular flexibility index (Phi) is 2.35. The van der Waals surface area contributed by atoms with Gasteiger partial charge in [-0.2, -0.15) is 0 Å². The summed E-state index contributed by atoms with van der Waals surface area (Å²) in [4.78, 5) is 4.36. The first-order valence-electron chi connectivity index (χ1n) is 4.57. The van der Waals surface area contributed by atoms with Crippen LogP contribution in [-0.2, 0) is 0 Å². The number of hydrogen-bond acceptors (Lipinski definition) is 2. The van der Waals surface area contributed by atoms with E-state index in [0.717, 1.165) is 22.4 Å². The fourth-order valence-corrected chi connectivity index (χ4v) is 1.44. The molecule has 71 valence electrons. The largest absolute Gasteiger partial charge is 0.490 e. The van der Waals surface area contributed by atoms with Crippen LogP contribution < -0.4 is 15.3 Å². The summed E-state index contributed by atoms with van der Waals surface area (Å²) in [6.07, 6.45) is 3.79. The van der Waals surface area contributed by atoms with Gasteiger partial charge < -0.3 is 4.74 Å². The maximum Gasteiger partial charge on any atom is 0.120 e. The van der Waals surface area contributed by atoms with Crippen molar-refractivity contribution in [2.75, 3.05) is 6.61 Å². The zero-order valence-corrected chi connectivity index (χ0v) is 8.16. The molecule has 1 heterocycles. The van der Waals surface area contributed by atoms with Crippen LogP contribution >= 0.6 is 0 Å². The van der Waals surface area contributed by atoms with Crippen molar-refractivity contribution in [2.45, 2.75) is 6.92 Å².